The SMILES string of the molecule is CCC(C)C(NC(=O)c1ccccc1F)C(=O)Nc1nnc(-c2cccc(C)c2)s1. The summed E-state index contributed by atoms with van der Waals surface area (Å²) in [7, 11) is 0. The summed E-state index contributed by atoms with van der Waals surface area (Å²) in [5, 5.41) is 14.6. The van der Waals surface area contributed by atoms with Crippen molar-refractivity contribution in [3.63, 3.8) is 0 Å². The summed E-state index contributed by atoms with van der Waals surface area (Å²) in [6.07, 6.45) is 0.653. The highest BCUT2D eigenvalue weighted by Gasteiger charge is 2.28. The van der Waals surface area contributed by atoms with Crippen molar-refractivity contribution in [1.29, 1.82) is 0 Å². The number of amides is 2. The number of rotatable bonds is 7. The number of aryl methyl sites for hydroxylation is 1. The number of nitrogens with one attached hydrogen (secondary N) is 2. The Labute approximate surface area is 178 Å². The first-order valence-electron chi connectivity index (χ1n) is 9.65. The van der Waals surface area contributed by atoms with Crippen LogP contribution in [0.4, 0.5) is 9.52 Å². The fraction of sp³-hybridized carbons (Fsp3) is 0.273. The van der Waals surface area contributed by atoms with Gasteiger partial charge in [-0.05, 0) is 31.0 Å². The fourth-order valence-electron chi connectivity index (χ4n) is 2.92. The van der Waals surface area contributed by atoms with Crippen LogP contribution in [0.3, 0.4) is 0 Å². The van der Waals surface area contributed by atoms with Crippen molar-refractivity contribution in [3.8, 4) is 10.6 Å². The summed E-state index contributed by atoms with van der Waals surface area (Å²) in [4.78, 5) is 25.4. The number of halogens is 1. The first-order valence-corrected chi connectivity index (χ1v) is 10.5. The Morgan fingerprint density at radius 2 is 1.90 bits per heavy atom. The van der Waals surface area contributed by atoms with Gasteiger partial charge in [-0.15, -0.1) is 10.2 Å². The zero-order chi connectivity index (χ0) is 21.7. The summed E-state index contributed by atoms with van der Waals surface area (Å²) in [5.41, 5.74) is 1.91. The highest BCUT2D eigenvalue weighted by Crippen LogP contribution is 2.27. The predicted molar refractivity (Wildman–Crippen MR) is 116 cm³/mol. The normalized spacial score (nSPS) is 12.8. The van der Waals surface area contributed by atoms with Crippen LogP contribution in [-0.4, -0.2) is 28.1 Å². The second-order valence-corrected chi connectivity index (χ2v) is 8.07. The van der Waals surface area contributed by atoms with E-state index in [0.717, 1.165) is 11.1 Å². The Balaban J connectivity index is 1.75. The molecule has 2 amide bonds. The van der Waals surface area contributed by atoms with Crippen molar-refractivity contribution in [2.75, 3.05) is 5.32 Å². The van der Waals surface area contributed by atoms with Crippen molar-refractivity contribution < 1.29 is 14.0 Å². The number of hydrogen-bond acceptors (Lipinski definition) is 5. The van der Waals surface area contributed by atoms with E-state index in [2.05, 4.69) is 20.8 Å². The number of hydrogen-bond donors (Lipinski definition) is 2. The molecule has 0 bridgehead atoms. The lowest BCUT2D eigenvalue weighted by Crippen LogP contribution is -2.47. The lowest BCUT2D eigenvalue weighted by molar-refractivity contribution is -0.119. The van der Waals surface area contributed by atoms with Crippen molar-refractivity contribution >= 4 is 28.3 Å². The van der Waals surface area contributed by atoms with E-state index < -0.39 is 23.7 Å². The minimum atomic E-state index is -0.839. The van der Waals surface area contributed by atoms with Gasteiger partial charge >= 0.3 is 0 Å². The summed E-state index contributed by atoms with van der Waals surface area (Å²) >= 11 is 1.25. The van der Waals surface area contributed by atoms with Crippen LogP contribution in [0.1, 0.15) is 36.2 Å². The minimum Gasteiger partial charge on any atom is -0.340 e. The molecule has 0 radical (unpaired) electrons. The number of nitrogens with zero attached hydrogens (tertiary/aromatic N) is 2. The molecule has 156 valence electrons. The molecule has 2 atom stereocenters. The number of carbonyl (C=O) groups is 2. The minimum absolute atomic E-state index is 0.101. The quantitative estimate of drug-likeness (QED) is 0.585. The second-order valence-electron chi connectivity index (χ2n) is 7.09. The van der Waals surface area contributed by atoms with E-state index in [1.54, 1.807) is 6.07 Å². The molecule has 2 unspecified atom stereocenters. The third kappa shape index (κ3) is 5.07. The molecule has 3 rings (SSSR count). The fourth-order valence-corrected chi connectivity index (χ4v) is 3.66. The standard InChI is InChI=1S/C22H23FN4O2S/c1-4-14(3)18(24-19(28)16-10-5-6-11-17(16)23)20(29)25-22-27-26-21(30-22)15-9-7-8-13(2)12-15/h5-12,14,18H,4H2,1-3H3,(H,24,28)(H,25,27,29). The van der Waals surface area contributed by atoms with Crippen LogP contribution in [0.5, 0.6) is 0 Å². The maximum Gasteiger partial charge on any atom is 0.254 e. The van der Waals surface area contributed by atoms with Crippen molar-refractivity contribution in [3.05, 3.63) is 65.5 Å². The maximum absolute atomic E-state index is 13.9. The largest absolute Gasteiger partial charge is 0.340 e. The van der Waals surface area contributed by atoms with Crippen LogP contribution in [0.15, 0.2) is 48.5 Å². The number of carbonyl (C=O) groups excluding carboxylic acids is 2. The van der Waals surface area contributed by atoms with Gasteiger partial charge in [0.15, 0.2) is 0 Å². The van der Waals surface area contributed by atoms with Crippen LogP contribution in [0.2, 0.25) is 0 Å². The van der Waals surface area contributed by atoms with Crippen LogP contribution >= 0.6 is 11.3 Å². The van der Waals surface area contributed by atoms with Gasteiger partial charge in [0.25, 0.3) is 5.91 Å². The van der Waals surface area contributed by atoms with Gasteiger partial charge in [-0.25, -0.2) is 4.39 Å². The highest BCUT2D eigenvalue weighted by molar-refractivity contribution is 7.18. The molecule has 1 heterocycles. The Morgan fingerprint density at radius 1 is 1.13 bits per heavy atom. The third-order valence-corrected chi connectivity index (χ3v) is 5.71. The zero-order valence-electron chi connectivity index (χ0n) is 17.0. The van der Waals surface area contributed by atoms with Crippen molar-refractivity contribution in [1.82, 2.24) is 15.5 Å². The number of aromatic nitrogens is 2. The van der Waals surface area contributed by atoms with E-state index in [-0.39, 0.29) is 11.5 Å². The van der Waals surface area contributed by atoms with Gasteiger partial charge in [-0.3, -0.25) is 14.9 Å². The smallest absolute Gasteiger partial charge is 0.254 e. The van der Waals surface area contributed by atoms with Crippen LogP contribution in [0, 0.1) is 18.7 Å². The number of benzene rings is 2. The van der Waals surface area contributed by atoms with Gasteiger partial charge in [-0.1, -0.05) is 67.5 Å². The van der Waals surface area contributed by atoms with Gasteiger partial charge in [0, 0.05) is 5.56 Å². The van der Waals surface area contributed by atoms with Gasteiger partial charge < -0.3 is 5.32 Å². The van der Waals surface area contributed by atoms with E-state index in [0.29, 0.717) is 16.6 Å². The summed E-state index contributed by atoms with van der Waals surface area (Å²) in [5.74, 6) is -1.85. The lowest BCUT2D eigenvalue weighted by Gasteiger charge is -2.23. The average molecular weight is 427 g/mol. The van der Waals surface area contributed by atoms with Crippen molar-refractivity contribution in [2.45, 2.75) is 33.2 Å². The molecule has 0 aliphatic heterocycles. The van der Waals surface area contributed by atoms with Gasteiger partial charge in [0.05, 0.1) is 5.56 Å². The van der Waals surface area contributed by atoms with Gasteiger partial charge in [0.2, 0.25) is 11.0 Å². The first kappa shape index (κ1) is 21.6. The molecular formula is C22H23FN4O2S. The summed E-state index contributed by atoms with van der Waals surface area (Å²) in [6, 6.07) is 12.7. The van der Waals surface area contributed by atoms with E-state index >= 15 is 0 Å². The Hall–Kier alpha value is -3.13. The predicted octanol–water partition coefficient (Wildman–Crippen LogP) is 4.44. The Bertz CT molecular complexity index is 1050. The highest BCUT2D eigenvalue weighted by atomic mass is 32.1. The monoisotopic (exact) mass is 426 g/mol. The Kier molecular flexibility index (Phi) is 6.89. The molecule has 0 aliphatic carbocycles. The molecule has 1 aromatic heterocycles. The summed E-state index contributed by atoms with van der Waals surface area (Å²) < 4.78 is 13.9. The van der Waals surface area contributed by atoms with Gasteiger partial charge in [0.1, 0.15) is 16.9 Å². The third-order valence-electron chi connectivity index (χ3n) is 4.82. The zero-order valence-corrected chi connectivity index (χ0v) is 17.8. The van der Waals surface area contributed by atoms with Crippen LogP contribution in [-0.2, 0) is 4.79 Å². The molecule has 0 saturated heterocycles. The molecule has 0 spiro atoms. The molecule has 0 aliphatic rings. The molecule has 2 N–H and O–H groups in total. The molecule has 0 saturated carbocycles. The van der Waals surface area contributed by atoms with E-state index in [9.17, 15) is 14.0 Å². The van der Waals surface area contributed by atoms with E-state index in [1.807, 2.05) is 45.0 Å². The van der Waals surface area contributed by atoms with Gasteiger partial charge in [-0.2, -0.15) is 0 Å². The van der Waals surface area contributed by atoms with E-state index in [1.165, 1.54) is 29.5 Å². The molecular weight excluding hydrogens is 403 g/mol. The lowest BCUT2D eigenvalue weighted by atomic mass is 9.98. The summed E-state index contributed by atoms with van der Waals surface area (Å²) in [6.45, 7) is 5.76. The van der Waals surface area contributed by atoms with Crippen LogP contribution < -0.4 is 10.6 Å². The second kappa shape index (κ2) is 9.58. The molecule has 30 heavy (non-hydrogen) atoms. The van der Waals surface area contributed by atoms with Crippen LogP contribution in [0.25, 0.3) is 10.6 Å². The molecule has 0 fully saturated rings. The van der Waals surface area contributed by atoms with Crippen molar-refractivity contribution in [2.24, 2.45) is 5.92 Å². The first-order chi connectivity index (χ1) is 14.4. The van der Waals surface area contributed by atoms with E-state index in [4.69, 9.17) is 0 Å². The molecule has 3 aromatic rings. The Morgan fingerprint density at radius 3 is 2.60 bits per heavy atom. The topological polar surface area (TPSA) is 84.0 Å². The molecule has 8 heteroatoms. The number of anilines is 1. The average Bonchev–Trinajstić information content (AvgIpc) is 3.20. The maximum atomic E-state index is 13.9. The molecule has 6 nitrogen and oxygen atoms in total. The molecule has 2 aromatic carbocycles.